The molecule has 0 aromatic rings. The van der Waals surface area contributed by atoms with E-state index in [9.17, 15) is 0 Å². The zero-order valence-electron chi connectivity index (χ0n) is 9.25. The van der Waals surface area contributed by atoms with Gasteiger partial charge in [0.1, 0.15) is 0 Å². The zero-order chi connectivity index (χ0) is 10.8. The number of terminal acetylenes is 1. The molecule has 1 aliphatic carbocycles. The highest BCUT2D eigenvalue weighted by Crippen LogP contribution is 2.32. The molecule has 1 rings (SSSR count). The van der Waals surface area contributed by atoms with Gasteiger partial charge in [-0.05, 0) is 33.7 Å². The normalized spacial score (nSPS) is 27.3. The minimum atomic E-state index is -0.246. The maximum absolute atomic E-state index is 9.00. The van der Waals surface area contributed by atoms with Crippen LogP contribution < -0.4 is 0 Å². The third-order valence-corrected chi connectivity index (χ3v) is 3.38. The summed E-state index contributed by atoms with van der Waals surface area (Å²) in [5.74, 6) is 2.94. The van der Waals surface area contributed by atoms with Crippen LogP contribution in [0, 0.1) is 29.6 Å². The molecule has 1 aliphatic rings. The first-order valence-corrected chi connectivity index (χ1v) is 5.13. The van der Waals surface area contributed by atoms with Crippen LogP contribution in [0.5, 0.6) is 0 Å². The fraction of sp³-hybridized carbons (Fsp3) is 0.750. The van der Waals surface area contributed by atoms with Crippen molar-refractivity contribution >= 4 is 0 Å². The number of nitriles is 1. The quantitative estimate of drug-likeness (QED) is 0.623. The standard InChI is InChI=1S/C12H18N2/c1-5-12(2,3)14(4)11-8-6-7-10(11)9-13/h1,10-11H,6-8H2,2-4H3. The fourth-order valence-electron chi connectivity index (χ4n) is 2.07. The van der Waals surface area contributed by atoms with Crippen LogP contribution in [0.3, 0.4) is 0 Å². The first-order chi connectivity index (χ1) is 6.53. The average Bonchev–Trinajstić information content (AvgIpc) is 2.64. The van der Waals surface area contributed by atoms with E-state index in [-0.39, 0.29) is 11.5 Å². The number of hydrogen-bond donors (Lipinski definition) is 0. The van der Waals surface area contributed by atoms with Gasteiger partial charge in [0.2, 0.25) is 0 Å². The van der Waals surface area contributed by atoms with E-state index < -0.39 is 0 Å². The number of rotatable bonds is 2. The third kappa shape index (κ3) is 1.91. The van der Waals surface area contributed by atoms with Crippen LogP contribution in [-0.4, -0.2) is 23.5 Å². The van der Waals surface area contributed by atoms with Crippen molar-refractivity contribution in [3.05, 3.63) is 0 Å². The Labute approximate surface area is 86.9 Å². The fourth-order valence-corrected chi connectivity index (χ4v) is 2.07. The molecule has 2 unspecified atom stereocenters. The van der Waals surface area contributed by atoms with E-state index in [0.717, 1.165) is 19.3 Å². The number of nitrogens with zero attached hydrogens (tertiary/aromatic N) is 2. The van der Waals surface area contributed by atoms with E-state index >= 15 is 0 Å². The van der Waals surface area contributed by atoms with Crippen molar-refractivity contribution in [3.63, 3.8) is 0 Å². The maximum atomic E-state index is 9.00. The summed E-state index contributed by atoms with van der Waals surface area (Å²) in [4.78, 5) is 2.17. The van der Waals surface area contributed by atoms with Crippen LogP contribution >= 0.6 is 0 Å². The largest absolute Gasteiger partial charge is 0.287 e. The molecule has 0 bridgehead atoms. The average molecular weight is 190 g/mol. The summed E-state index contributed by atoms with van der Waals surface area (Å²) >= 11 is 0. The van der Waals surface area contributed by atoms with Gasteiger partial charge in [0.25, 0.3) is 0 Å². The highest BCUT2D eigenvalue weighted by molar-refractivity contribution is 5.11. The molecule has 76 valence electrons. The predicted molar refractivity (Wildman–Crippen MR) is 57.4 cm³/mol. The lowest BCUT2D eigenvalue weighted by atomic mass is 9.97. The lowest BCUT2D eigenvalue weighted by Crippen LogP contribution is -2.47. The summed E-state index contributed by atoms with van der Waals surface area (Å²) in [6.07, 6.45) is 8.75. The number of hydrogen-bond acceptors (Lipinski definition) is 2. The summed E-state index contributed by atoms with van der Waals surface area (Å²) in [5, 5.41) is 9.00. The van der Waals surface area contributed by atoms with Gasteiger partial charge in [0.15, 0.2) is 0 Å². The Balaban J connectivity index is 2.76. The van der Waals surface area contributed by atoms with E-state index in [1.165, 1.54) is 0 Å². The maximum Gasteiger partial charge on any atom is 0.0766 e. The van der Waals surface area contributed by atoms with E-state index in [4.69, 9.17) is 11.7 Å². The molecule has 0 aliphatic heterocycles. The molecule has 2 atom stereocenters. The Hall–Kier alpha value is -0.990. The van der Waals surface area contributed by atoms with Crippen molar-refractivity contribution in [2.75, 3.05) is 7.05 Å². The summed E-state index contributed by atoms with van der Waals surface area (Å²) in [6, 6.07) is 2.72. The van der Waals surface area contributed by atoms with Gasteiger partial charge in [-0.2, -0.15) is 5.26 Å². The Morgan fingerprint density at radius 1 is 1.43 bits per heavy atom. The van der Waals surface area contributed by atoms with Crippen LogP contribution in [0.4, 0.5) is 0 Å². The van der Waals surface area contributed by atoms with Crippen LogP contribution in [0.1, 0.15) is 33.1 Å². The molecule has 0 saturated heterocycles. The molecule has 0 heterocycles. The third-order valence-electron chi connectivity index (χ3n) is 3.38. The van der Waals surface area contributed by atoms with Crippen molar-refractivity contribution in [1.29, 1.82) is 5.26 Å². The minimum Gasteiger partial charge on any atom is -0.287 e. The second-order valence-electron chi connectivity index (χ2n) is 4.55. The molecule has 2 nitrogen and oxygen atoms in total. The zero-order valence-corrected chi connectivity index (χ0v) is 9.25. The van der Waals surface area contributed by atoms with Crippen LogP contribution in [-0.2, 0) is 0 Å². The van der Waals surface area contributed by atoms with Crippen molar-refractivity contribution in [2.24, 2.45) is 5.92 Å². The summed E-state index contributed by atoms with van der Waals surface area (Å²) in [7, 11) is 2.03. The smallest absolute Gasteiger partial charge is 0.0766 e. The molecule has 0 aromatic carbocycles. The van der Waals surface area contributed by atoms with E-state index in [1.54, 1.807) is 0 Å². The molecule has 0 aromatic heterocycles. The highest BCUT2D eigenvalue weighted by atomic mass is 15.2. The van der Waals surface area contributed by atoms with Gasteiger partial charge in [-0.1, -0.05) is 12.3 Å². The molecule has 0 amide bonds. The molecule has 2 heteroatoms. The van der Waals surface area contributed by atoms with Gasteiger partial charge >= 0.3 is 0 Å². The van der Waals surface area contributed by atoms with Crippen LogP contribution in [0.15, 0.2) is 0 Å². The lowest BCUT2D eigenvalue weighted by molar-refractivity contribution is 0.133. The van der Waals surface area contributed by atoms with E-state index in [1.807, 2.05) is 20.9 Å². The van der Waals surface area contributed by atoms with Gasteiger partial charge in [-0.3, -0.25) is 4.90 Å². The molecule has 14 heavy (non-hydrogen) atoms. The minimum absolute atomic E-state index is 0.160. The van der Waals surface area contributed by atoms with Crippen LogP contribution in [0.25, 0.3) is 0 Å². The van der Waals surface area contributed by atoms with Crippen molar-refractivity contribution in [2.45, 2.75) is 44.7 Å². The van der Waals surface area contributed by atoms with Gasteiger partial charge < -0.3 is 0 Å². The molecule has 1 saturated carbocycles. The van der Waals surface area contributed by atoms with Crippen molar-refractivity contribution in [3.8, 4) is 18.4 Å². The van der Waals surface area contributed by atoms with Crippen LogP contribution in [0.2, 0.25) is 0 Å². The Morgan fingerprint density at radius 2 is 2.07 bits per heavy atom. The first kappa shape index (κ1) is 11.1. The van der Waals surface area contributed by atoms with Gasteiger partial charge in [0, 0.05) is 6.04 Å². The van der Waals surface area contributed by atoms with Gasteiger partial charge in [-0.25, -0.2) is 0 Å². The summed E-state index contributed by atoms with van der Waals surface area (Å²) in [6.45, 7) is 4.06. The molecule has 0 spiro atoms. The lowest BCUT2D eigenvalue weighted by Gasteiger charge is -2.37. The molecule has 1 fully saturated rings. The predicted octanol–water partition coefficient (Wildman–Crippen LogP) is 2.02. The van der Waals surface area contributed by atoms with Gasteiger partial charge in [-0.15, -0.1) is 6.42 Å². The molecular formula is C12H18N2. The van der Waals surface area contributed by atoms with E-state index in [2.05, 4.69) is 16.9 Å². The van der Waals surface area contributed by atoms with Gasteiger partial charge in [0.05, 0.1) is 17.5 Å². The summed E-state index contributed by atoms with van der Waals surface area (Å²) < 4.78 is 0. The highest BCUT2D eigenvalue weighted by Gasteiger charge is 2.36. The SMILES string of the molecule is C#CC(C)(C)N(C)C1CCCC1C#N. The second-order valence-corrected chi connectivity index (χ2v) is 4.55. The summed E-state index contributed by atoms with van der Waals surface area (Å²) in [5.41, 5.74) is -0.246. The molecular weight excluding hydrogens is 172 g/mol. The Bertz CT molecular complexity index is 280. The first-order valence-electron chi connectivity index (χ1n) is 5.13. The van der Waals surface area contributed by atoms with Crippen molar-refractivity contribution in [1.82, 2.24) is 4.90 Å². The van der Waals surface area contributed by atoms with E-state index in [0.29, 0.717) is 6.04 Å². The monoisotopic (exact) mass is 190 g/mol. The second kappa shape index (κ2) is 4.03. The Kier molecular flexibility index (Phi) is 3.19. The topological polar surface area (TPSA) is 27.0 Å². The molecule has 0 N–H and O–H groups in total. The molecule has 0 radical (unpaired) electrons. The van der Waals surface area contributed by atoms with Crippen molar-refractivity contribution < 1.29 is 0 Å². The Morgan fingerprint density at radius 3 is 2.57 bits per heavy atom.